The van der Waals surface area contributed by atoms with Crippen molar-refractivity contribution in [3.8, 4) is 0 Å². The zero-order valence-corrected chi connectivity index (χ0v) is 10.9. The summed E-state index contributed by atoms with van der Waals surface area (Å²) in [5.74, 6) is -1.10. The summed E-state index contributed by atoms with van der Waals surface area (Å²) >= 11 is 3.05. The minimum atomic E-state index is -0.549. The van der Waals surface area contributed by atoms with E-state index >= 15 is 0 Å². The van der Waals surface area contributed by atoms with E-state index in [9.17, 15) is 8.78 Å². The Bertz CT molecular complexity index is 381. The fourth-order valence-corrected chi connectivity index (χ4v) is 1.99. The molecule has 0 radical (unpaired) electrons. The third-order valence-corrected chi connectivity index (χ3v) is 2.75. The van der Waals surface area contributed by atoms with Gasteiger partial charge in [0.05, 0.1) is 0 Å². The molecule has 1 aromatic carbocycles. The Labute approximate surface area is 103 Å². The SMILES string of the molecule is C=C(C)CC(NC)c1c(F)cc(Br)cc1F. The molecule has 0 bridgehead atoms. The molecular formula is C12H14BrF2N. The van der Waals surface area contributed by atoms with Crippen LogP contribution in [0.4, 0.5) is 8.78 Å². The van der Waals surface area contributed by atoms with Crippen molar-refractivity contribution in [2.75, 3.05) is 7.05 Å². The van der Waals surface area contributed by atoms with Crippen molar-refractivity contribution in [1.82, 2.24) is 5.32 Å². The van der Waals surface area contributed by atoms with Gasteiger partial charge in [0.1, 0.15) is 11.6 Å². The lowest BCUT2D eigenvalue weighted by Crippen LogP contribution is -2.19. The molecule has 0 saturated heterocycles. The third kappa shape index (κ3) is 3.12. The number of halogens is 3. The van der Waals surface area contributed by atoms with Crippen LogP contribution in [-0.2, 0) is 0 Å². The van der Waals surface area contributed by atoms with Crippen molar-refractivity contribution in [2.45, 2.75) is 19.4 Å². The summed E-state index contributed by atoms with van der Waals surface area (Å²) in [6.07, 6.45) is 0.506. The van der Waals surface area contributed by atoms with E-state index in [4.69, 9.17) is 0 Å². The molecule has 0 aliphatic rings. The lowest BCUT2D eigenvalue weighted by molar-refractivity contribution is 0.488. The standard InChI is InChI=1S/C12H14BrF2N/c1-7(2)4-11(16-3)12-9(14)5-8(13)6-10(12)15/h5-6,11,16H,1,4H2,2-3H3. The van der Waals surface area contributed by atoms with Gasteiger partial charge in [-0.1, -0.05) is 21.5 Å². The van der Waals surface area contributed by atoms with Crippen LogP contribution in [0.1, 0.15) is 24.9 Å². The first-order valence-corrected chi connectivity index (χ1v) is 5.71. The Morgan fingerprint density at radius 3 is 2.31 bits per heavy atom. The van der Waals surface area contributed by atoms with Gasteiger partial charge in [0.25, 0.3) is 0 Å². The van der Waals surface area contributed by atoms with Gasteiger partial charge in [-0.05, 0) is 32.5 Å². The number of hydrogen-bond acceptors (Lipinski definition) is 1. The summed E-state index contributed by atoms with van der Waals surface area (Å²) in [6.45, 7) is 5.58. The second-order valence-corrected chi connectivity index (χ2v) is 4.70. The molecule has 1 aromatic rings. The highest BCUT2D eigenvalue weighted by Crippen LogP contribution is 2.28. The topological polar surface area (TPSA) is 12.0 Å². The maximum absolute atomic E-state index is 13.7. The third-order valence-electron chi connectivity index (χ3n) is 2.29. The fraction of sp³-hybridized carbons (Fsp3) is 0.333. The molecular weight excluding hydrogens is 276 g/mol. The molecule has 0 saturated carbocycles. The molecule has 0 aliphatic heterocycles. The second-order valence-electron chi connectivity index (χ2n) is 3.79. The smallest absolute Gasteiger partial charge is 0.132 e. The van der Waals surface area contributed by atoms with Crippen molar-refractivity contribution in [3.05, 3.63) is 46.0 Å². The van der Waals surface area contributed by atoms with Gasteiger partial charge in [0, 0.05) is 16.1 Å². The van der Waals surface area contributed by atoms with Gasteiger partial charge in [0.15, 0.2) is 0 Å². The highest BCUT2D eigenvalue weighted by molar-refractivity contribution is 9.10. The average Bonchev–Trinajstić information content (AvgIpc) is 2.13. The Morgan fingerprint density at radius 1 is 1.44 bits per heavy atom. The van der Waals surface area contributed by atoms with Gasteiger partial charge in [-0.2, -0.15) is 0 Å². The van der Waals surface area contributed by atoms with Crippen LogP contribution in [0.2, 0.25) is 0 Å². The molecule has 16 heavy (non-hydrogen) atoms. The van der Waals surface area contributed by atoms with Crippen LogP contribution in [0.3, 0.4) is 0 Å². The van der Waals surface area contributed by atoms with Crippen molar-refractivity contribution >= 4 is 15.9 Å². The van der Waals surface area contributed by atoms with E-state index in [0.29, 0.717) is 10.9 Å². The van der Waals surface area contributed by atoms with Crippen molar-refractivity contribution in [2.24, 2.45) is 0 Å². The molecule has 0 aromatic heterocycles. The van der Waals surface area contributed by atoms with E-state index < -0.39 is 11.6 Å². The Kier molecular flexibility index (Phi) is 4.62. The van der Waals surface area contributed by atoms with Gasteiger partial charge >= 0.3 is 0 Å². The molecule has 1 nitrogen and oxygen atoms in total. The van der Waals surface area contributed by atoms with Crippen LogP contribution >= 0.6 is 15.9 Å². The predicted molar refractivity (Wildman–Crippen MR) is 65.3 cm³/mol. The van der Waals surface area contributed by atoms with Crippen LogP contribution < -0.4 is 5.32 Å². The molecule has 0 heterocycles. The highest BCUT2D eigenvalue weighted by atomic mass is 79.9. The van der Waals surface area contributed by atoms with Crippen molar-refractivity contribution < 1.29 is 8.78 Å². The Hall–Kier alpha value is -0.740. The zero-order valence-electron chi connectivity index (χ0n) is 9.28. The molecule has 0 aliphatic carbocycles. The molecule has 1 N–H and O–H groups in total. The highest BCUT2D eigenvalue weighted by Gasteiger charge is 2.19. The van der Waals surface area contributed by atoms with Gasteiger partial charge in [-0.15, -0.1) is 6.58 Å². The summed E-state index contributed by atoms with van der Waals surface area (Å²) in [5.41, 5.74) is 0.940. The van der Waals surface area contributed by atoms with Crippen LogP contribution in [-0.4, -0.2) is 7.05 Å². The lowest BCUT2D eigenvalue weighted by atomic mass is 9.99. The zero-order chi connectivity index (χ0) is 12.3. The Balaban J connectivity index is 3.14. The first-order valence-electron chi connectivity index (χ1n) is 4.91. The lowest BCUT2D eigenvalue weighted by Gasteiger charge is -2.18. The van der Waals surface area contributed by atoms with E-state index in [1.807, 2.05) is 6.92 Å². The van der Waals surface area contributed by atoms with Crippen LogP contribution in [0.25, 0.3) is 0 Å². The molecule has 0 amide bonds. The fourth-order valence-electron chi connectivity index (χ4n) is 1.58. The number of benzene rings is 1. The average molecular weight is 290 g/mol. The first-order chi connectivity index (χ1) is 7.45. The monoisotopic (exact) mass is 289 g/mol. The first kappa shape index (κ1) is 13.3. The summed E-state index contributed by atoms with van der Waals surface area (Å²) in [6, 6.07) is 2.15. The van der Waals surface area contributed by atoms with Gasteiger partial charge in [-0.3, -0.25) is 0 Å². The quantitative estimate of drug-likeness (QED) is 0.828. The molecule has 1 rings (SSSR count). The minimum absolute atomic E-state index is 0.0636. The van der Waals surface area contributed by atoms with Crippen LogP contribution in [0, 0.1) is 11.6 Å². The van der Waals surface area contributed by atoms with Crippen LogP contribution in [0.15, 0.2) is 28.8 Å². The summed E-state index contributed by atoms with van der Waals surface area (Å²) in [5, 5.41) is 2.89. The molecule has 1 unspecified atom stereocenters. The predicted octanol–water partition coefficient (Wildman–Crippen LogP) is 3.95. The van der Waals surface area contributed by atoms with E-state index in [0.717, 1.165) is 5.57 Å². The van der Waals surface area contributed by atoms with E-state index in [-0.39, 0.29) is 11.6 Å². The van der Waals surface area contributed by atoms with Gasteiger partial charge in [0.2, 0.25) is 0 Å². The van der Waals surface area contributed by atoms with E-state index in [1.165, 1.54) is 12.1 Å². The normalized spacial score (nSPS) is 12.6. The van der Waals surface area contributed by atoms with Gasteiger partial charge in [-0.25, -0.2) is 8.78 Å². The van der Waals surface area contributed by atoms with Gasteiger partial charge < -0.3 is 5.32 Å². The van der Waals surface area contributed by atoms with E-state index in [2.05, 4.69) is 27.8 Å². The summed E-state index contributed by atoms with van der Waals surface area (Å²) < 4.78 is 27.7. The summed E-state index contributed by atoms with van der Waals surface area (Å²) in [4.78, 5) is 0. The molecule has 1 atom stereocenters. The number of hydrogen-bond donors (Lipinski definition) is 1. The second kappa shape index (κ2) is 5.55. The summed E-state index contributed by atoms with van der Waals surface area (Å²) in [7, 11) is 1.68. The molecule has 88 valence electrons. The largest absolute Gasteiger partial charge is 0.313 e. The minimum Gasteiger partial charge on any atom is -0.313 e. The molecule has 0 fully saturated rings. The maximum Gasteiger partial charge on any atom is 0.132 e. The molecule has 4 heteroatoms. The number of rotatable bonds is 4. The van der Waals surface area contributed by atoms with E-state index in [1.54, 1.807) is 7.05 Å². The van der Waals surface area contributed by atoms with Crippen molar-refractivity contribution in [3.63, 3.8) is 0 Å². The maximum atomic E-state index is 13.7. The van der Waals surface area contributed by atoms with Crippen molar-refractivity contribution in [1.29, 1.82) is 0 Å². The Morgan fingerprint density at radius 2 is 1.94 bits per heavy atom. The molecule has 0 spiro atoms. The van der Waals surface area contributed by atoms with Crippen LogP contribution in [0.5, 0.6) is 0 Å². The number of nitrogens with one attached hydrogen (secondary N) is 1.